The number of hydrogen-bond acceptors (Lipinski definition) is 3. The molecule has 1 aromatic carbocycles. The van der Waals surface area contributed by atoms with Crippen LogP contribution in [0.1, 0.15) is 36.2 Å². The van der Waals surface area contributed by atoms with Gasteiger partial charge in [0, 0.05) is 18.9 Å². The Morgan fingerprint density at radius 2 is 2.12 bits per heavy atom. The second-order valence-electron chi connectivity index (χ2n) is 4.10. The molecule has 0 unspecified atom stereocenters. The summed E-state index contributed by atoms with van der Waals surface area (Å²) in [6.45, 7) is 3.21. The Kier molecular flexibility index (Phi) is 2.54. The van der Waals surface area contributed by atoms with Gasteiger partial charge in [-0.25, -0.2) is 0 Å². The molecular formula is C13H14O3. The van der Waals surface area contributed by atoms with Crippen molar-refractivity contribution in [2.75, 3.05) is 0 Å². The number of benzene rings is 1. The maximum Gasteiger partial charge on any atom is 0.303 e. The Morgan fingerprint density at radius 1 is 1.44 bits per heavy atom. The molecule has 1 aromatic rings. The van der Waals surface area contributed by atoms with Gasteiger partial charge in [-0.3, -0.25) is 9.59 Å². The van der Waals surface area contributed by atoms with Gasteiger partial charge in [0.25, 0.3) is 0 Å². The van der Waals surface area contributed by atoms with Crippen LogP contribution in [-0.4, -0.2) is 17.4 Å². The average Bonchev–Trinajstić information content (AvgIpc) is 2.53. The molecule has 3 heteroatoms. The van der Waals surface area contributed by atoms with Crippen molar-refractivity contribution in [2.24, 2.45) is 0 Å². The molecule has 1 atom stereocenters. The minimum absolute atomic E-state index is 0.0687. The number of Topliss-reactive ketones (excluding diaryl/α,β-unsaturated/α-hetero) is 1. The molecule has 0 heterocycles. The topological polar surface area (TPSA) is 43.4 Å². The standard InChI is InChI=1S/C13H14O3/c1-3-13(16-9(2)14)8-10-6-4-5-7-11(10)12(13)15/h4-7H,3,8H2,1-2H3/t13-/m1/s1. The summed E-state index contributed by atoms with van der Waals surface area (Å²) >= 11 is 0. The first-order valence-corrected chi connectivity index (χ1v) is 5.41. The summed E-state index contributed by atoms with van der Waals surface area (Å²) in [5.74, 6) is -0.469. The van der Waals surface area contributed by atoms with Gasteiger partial charge < -0.3 is 4.74 Å². The van der Waals surface area contributed by atoms with Crippen molar-refractivity contribution in [3.05, 3.63) is 35.4 Å². The average molecular weight is 218 g/mol. The second-order valence-corrected chi connectivity index (χ2v) is 4.10. The van der Waals surface area contributed by atoms with E-state index < -0.39 is 11.6 Å². The number of carbonyl (C=O) groups is 2. The number of esters is 1. The van der Waals surface area contributed by atoms with Gasteiger partial charge in [-0.05, 0) is 12.0 Å². The van der Waals surface area contributed by atoms with Crippen molar-refractivity contribution < 1.29 is 14.3 Å². The molecule has 2 rings (SSSR count). The third-order valence-electron chi connectivity index (χ3n) is 3.06. The van der Waals surface area contributed by atoms with Crippen LogP contribution >= 0.6 is 0 Å². The van der Waals surface area contributed by atoms with Gasteiger partial charge in [-0.2, -0.15) is 0 Å². The number of rotatable bonds is 2. The lowest BCUT2D eigenvalue weighted by atomic mass is 9.95. The fourth-order valence-corrected chi connectivity index (χ4v) is 2.24. The van der Waals surface area contributed by atoms with Crippen LogP contribution in [0.4, 0.5) is 0 Å². The van der Waals surface area contributed by atoms with Crippen molar-refractivity contribution >= 4 is 11.8 Å². The highest BCUT2D eigenvalue weighted by atomic mass is 16.6. The van der Waals surface area contributed by atoms with Crippen LogP contribution in [-0.2, 0) is 16.0 Å². The number of ketones is 1. The van der Waals surface area contributed by atoms with Crippen LogP contribution < -0.4 is 0 Å². The SMILES string of the molecule is CC[C@@]1(OC(C)=O)Cc2ccccc2C1=O. The first-order chi connectivity index (χ1) is 7.59. The molecule has 0 saturated heterocycles. The van der Waals surface area contributed by atoms with E-state index in [4.69, 9.17) is 4.74 Å². The van der Waals surface area contributed by atoms with Crippen molar-refractivity contribution in [2.45, 2.75) is 32.3 Å². The first-order valence-electron chi connectivity index (χ1n) is 5.41. The zero-order valence-corrected chi connectivity index (χ0v) is 9.45. The van der Waals surface area contributed by atoms with E-state index in [1.807, 2.05) is 25.1 Å². The molecule has 0 amide bonds. The van der Waals surface area contributed by atoms with E-state index in [1.54, 1.807) is 6.07 Å². The molecule has 0 fully saturated rings. The quantitative estimate of drug-likeness (QED) is 0.714. The van der Waals surface area contributed by atoms with Gasteiger partial charge in [-0.1, -0.05) is 31.2 Å². The summed E-state index contributed by atoms with van der Waals surface area (Å²) in [7, 11) is 0. The van der Waals surface area contributed by atoms with E-state index in [2.05, 4.69) is 0 Å². The van der Waals surface area contributed by atoms with E-state index in [0.717, 1.165) is 5.56 Å². The van der Waals surface area contributed by atoms with Gasteiger partial charge in [0.15, 0.2) is 5.60 Å². The van der Waals surface area contributed by atoms with Crippen molar-refractivity contribution in [1.82, 2.24) is 0 Å². The molecule has 0 aliphatic heterocycles. The van der Waals surface area contributed by atoms with Gasteiger partial charge in [0.05, 0.1) is 0 Å². The van der Waals surface area contributed by atoms with Crippen molar-refractivity contribution in [3.63, 3.8) is 0 Å². The van der Waals surface area contributed by atoms with E-state index >= 15 is 0 Å². The van der Waals surface area contributed by atoms with Gasteiger partial charge in [-0.15, -0.1) is 0 Å². The molecule has 1 aliphatic rings. The predicted molar refractivity (Wildman–Crippen MR) is 59.3 cm³/mol. The van der Waals surface area contributed by atoms with Gasteiger partial charge in [0.2, 0.25) is 5.78 Å². The monoisotopic (exact) mass is 218 g/mol. The number of ether oxygens (including phenoxy) is 1. The zero-order valence-electron chi connectivity index (χ0n) is 9.45. The Morgan fingerprint density at radius 3 is 2.69 bits per heavy atom. The highest BCUT2D eigenvalue weighted by Crippen LogP contribution is 2.35. The Balaban J connectivity index is 2.41. The van der Waals surface area contributed by atoms with E-state index in [9.17, 15) is 9.59 Å². The molecule has 3 nitrogen and oxygen atoms in total. The molecule has 1 aliphatic carbocycles. The summed E-state index contributed by atoms with van der Waals surface area (Å²) in [5.41, 5.74) is 0.691. The molecule has 0 saturated carbocycles. The fourth-order valence-electron chi connectivity index (χ4n) is 2.24. The molecular weight excluding hydrogens is 204 g/mol. The molecule has 84 valence electrons. The van der Waals surface area contributed by atoms with Crippen LogP contribution in [0, 0.1) is 0 Å². The lowest BCUT2D eigenvalue weighted by Crippen LogP contribution is -2.40. The van der Waals surface area contributed by atoms with Crippen molar-refractivity contribution in [1.29, 1.82) is 0 Å². The minimum atomic E-state index is -0.963. The highest BCUT2D eigenvalue weighted by Gasteiger charge is 2.46. The Bertz CT molecular complexity index is 450. The summed E-state index contributed by atoms with van der Waals surface area (Å²) in [4.78, 5) is 23.3. The predicted octanol–water partition coefficient (Wildman–Crippen LogP) is 2.14. The summed E-state index contributed by atoms with van der Waals surface area (Å²) in [6, 6.07) is 7.43. The number of fused-ring (bicyclic) bond motifs is 1. The third-order valence-corrected chi connectivity index (χ3v) is 3.06. The van der Waals surface area contributed by atoms with Crippen molar-refractivity contribution in [3.8, 4) is 0 Å². The lowest BCUT2D eigenvalue weighted by Gasteiger charge is -2.25. The molecule has 0 spiro atoms. The maximum absolute atomic E-state index is 12.2. The number of hydrogen-bond donors (Lipinski definition) is 0. The minimum Gasteiger partial charge on any atom is -0.450 e. The second kappa shape index (κ2) is 3.74. The number of carbonyl (C=O) groups excluding carboxylic acids is 2. The van der Waals surface area contributed by atoms with E-state index in [1.165, 1.54) is 6.92 Å². The summed E-state index contributed by atoms with van der Waals surface area (Å²) < 4.78 is 5.25. The van der Waals surface area contributed by atoms with Crippen LogP contribution in [0.2, 0.25) is 0 Å². The zero-order chi connectivity index (χ0) is 11.8. The largest absolute Gasteiger partial charge is 0.450 e. The summed E-state index contributed by atoms with van der Waals surface area (Å²) in [5, 5.41) is 0. The smallest absolute Gasteiger partial charge is 0.303 e. The van der Waals surface area contributed by atoms with Gasteiger partial charge >= 0.3 is 5.97 Å². The van der Waals surface area contributed by atoms with Crippen LogP contribution in [0.15, 0.2) is 24.3 Å². The van der Waals surface area contributed by atoms with Gasteiger partial charge in [0.1, 0.15) is 0 Å². The Labute approximate surface area is 94.4 Å². The first kappa shape index (κ1) is 10.9. The maximum atomic E-state index is 12.2. The normalized spacial score (nSPS) is 23.0. The molecule has 0 aromatic heterocycles. The van der Waals surface area contributed by atoms with E-state index in [0.29, 0.717) is 18.4 Å². The highest BCUT2D eigenvalue weighted by molar-refractivity contribution is 6.07. The van der Waals surface area contributed by atoms with Crippen LogP contribution in [0.5, 0.6) is 0 Å². The summed E-state index contributed by atoms with van der Waals surface area (Å²) in [6.07, 6.45) is 1.01. The van der Waals surface area contributed by atoms with E-state index in [-0.39, 0.29) is 5.78 Å². The third kappa shape index (κ3) is 1.52. The molecule has 0 radical (unpaired) electrons. The van der Waals surface area contributed by atoms with Crippen LogP contribution in [0.3, 0.4) is 0 Å². The Hall–Kier alpha value is -1.64. The molecule has 0 N–H and O–H groups in total. The van der Waals surface area contributed by atoms with Crippen LogP contribution in [0.25, 0.3) is 0 Å². The fraction of sp³-hybridized carbons (Fsp3) is 0.385. The molecule has 16 heavy (non-hydrogen) atoms. The molecule has 0 bridgehead atoms. The lowest BCUT2D eigenvalue weighted by molar-refractivity contribution is -0.152.